The van der Waals surface area contributed by atoms with E-state index in [4.69, 9.17) is 4.42 Å². The third kappa shape index (κ3) is 2.30. The molecule has 0 bridgehead atoms. The van der Waals surface area contributed by atoms with Crippen molar-refractivity contribution in [2.24, 2.45) is 0 Å². The SMILES string of the molecule is C=Cc1c(/C=C\C)c2ccccc2c2oc3ccc(B(O)O)cc3c12. The molecule has 0 atom stereocenters. The number of fused-ring (bicyclic) bond motifs is 5. The third-order valence-corrected chi connectivity index (χ3v) is 4.57. The molecule has 0 saturated carbocycles. The molecule has 3 nitrogen and oxygen atoms in total. The summed E-state index contributed by atoms with van der Waals surface area (Å²) in [5, 5.41) is 23.0. The highest BCUT2D eigenvalue weighted by atomic mass is 16.4. The maximum atomic E-state index is 9.52. The summed E-state index contributed by atoms with van der Waals surface area (Å²) in [5.41, 5.74) is 4.00. The Morgan fingerprint density at radius 1 is 1.00 bits per heavy atom. The predicted molar refractivity (Wildman–Crippen MR) is 106 cm³/mol. The van der Waals surface area contributed by atoms with E-state index in [1.54, 1.807) is 18.2 Å². The van der Waals surface area contributed by atoms with Crippen molar-refractivity contribution in [3.8, 4) is 0 Å². The minimum atomic E-state index is -1.52. The van der Waals surface area contributed by atoms with Crippen LogP contribution in [0.2, 0.25) is 0 Å². The van der Waals surface area contributed by atoms with Crippen molar-refractivity contribution < 1.29 is 14.5 Å². The van der Waals surface area contributed by atoms with Gasteiger partial charge in [0.1, 0.15) is 11.2 Å². The smallest absolute Gasteiger partial charge is 0.455 e. The molecule has 1 heterocycles. The van der Waals surface area contributed by atoms with Crippen LogP contribution < -0.4 is 5.46 Å². The minimum Gasteiger partial charge on any atom is -0.455 e. The number of allylic oxidation sites excluding steroid dienone is 1. The van der Waals surface area contributed by atoms with Gasteiger partial charge in [-0.2, -0.15) is 0 Å². The van der Waals surface area contributed by atoms with E-state index in [9.17, 15) is 10.0 Å². The van der Waals surface area contributed by atoms with Crippen molar-refractivity contribution in [1.29, 1.82) is 0 Å². The summed E-state index contributed by atoms with van der Waals surface area (Å²) in [6, 6.07) is 13.3. The van der Waals surface area contributed by atoms with Gasteiger partial charge in [-0.15, -0.1) is 0 Å². The summed E-state index contributed by atoms with van der Waals surface area (Å²) in [5.74, 6) is 0. The molecule has 0 aliphatic rings. The normalized spacial score (nSPS) is 11.8. The molecule has 0 amide bonds. The van der Waals surface area contributed by atoms with Crippen LogP contribution in [0, 0.1) is 0 Å². The van der Waals surface area contributed by atoms with Gasteiger partial charge in [0.05, 0.1) is 0 Å². The maximum absolute atomic E-state index is 9.52. The zero-order chi connectivity index (χ0) is 17.6. The van der Waals surface area contributed by atoms with Gasteiger partial charge in [-0.1, -0.05) is 61.2 Å². The van der Waals surface area contributed by atoms with Crippen LogP contribution in [0.25, 0.3) is 44.9 Å². The van der Waals surface area contributed by atoms with Crippen LogP contribution in [0.4, 0.5) is 0 Å². The monoisotopic (exact) mass is 328 g/mol. The Balaban J connectivity index is 2.29. The standard InChI is InChI=1S/C21H17BO3/c1-3-7-15-14(4-2)20-18-12-13(22(23)24)10-11-19(18)25-21(20)17-9-6-5-8-16(15)17/h3-12,23-24H,2H2,1H3/b7-3-. The highest BCUT2D eigenvalue weighted by Gasteiger charge is 2.19. The van der Waals surface area contributed by atoms with Crippen LogP contribution in [0.1, 0.15) is 18.1 Å². The average molecular weight is 328 g/mol. The highest BCUT2D eigenvalue weighted by Crippen LogP contribution is 2.40. The molecule has 0 saturated heterocycles. The van der Waals surface area contributed by atoms with Crippen LogP contribution >= 0.6 is 0 Å². The van der Waals surface area contributed by atoms with Crippen molar-refractivity contribution in [2.45, 2.75) is 6.92 Å². The summed E-state index contributed by atoms with van der Waals surface area (Å²) < 4.78 is 6.14. The van der Waals surface area contributed by atoms with Gasteiger partial charge in [0.15, 0.2) is 0 Å². The molecule has 122 valence electrons. The van der Waals surface area contributed by atoms with Gasteiger partial charge >= 0.3 is 7.12 Å². The quantitative estimate of drug-likeness (QED) is 0.557. The molecular weight excluding hydrogens is 311 g/mol. The fourth-order valence-corrected chi connectivity index (χ4v) is 3.49. The lowest BCUT2D eigenvalue weighted by Crippen LogP contribution is -2.29. The molecule has 2 N–H and O–H groups in total. The summed E-state index contributed by atoms with van der Waals surface area (Å²) in [6.45, 7) is 5.99. The van der Waals surface area contributed by atoms with Crippen LogP contribution in [0.15, 0.2) is 59.5 Å². The molecule has 3 aromatic carbocycles. The average Bonchev–Trinajstić information content (AvgIpc) is 3.01. The van der Waals surface area contributed by atoms with E-state index < -0.39 is 7.12 Å². The van der Waals surface area contributed by atoms with E-state index in [1.807, 2.05) is 37.3 Å². The molecule has 0 aliphatic heterocycles. The van der Waals surface area contributed by atoms with Crippen LogP contribution in [-0.2, 0) is 0 Å². The Labute approximate surface area is 145 Å². The zero-order valence-corrected chi connectivity index (χ0v) is 13.9. The first-order valence-electron chi connectivity index (χ1n) is 8.17. The maximum Gasteiger partial charge on any atom is 0.488 e. The Morgan fingerprint density at radius 3 is 2.44 bits per heavy atom. The molecule has 4 rings (SSSR count). The van der Waals surface area contributed by atoms with Gasteiger partial charge in [0.25, 0.3) is 0 Å². The molecule has 0 radical (unpaired) electrons. The van der Waals surface area contributed by atoms with Crippen LogP contribution in [-0.4, -0.2) is 17.2 Å². The second-order valence-corrected chi connectivity index (χ2v) is 6.01. The summed E-state index contributed by atoms with van der Waals surface area (Å²) in [6.07, 6.45) is 5.91. The molecule has 0 aliphatic carbocycles. The summed E-state index contributed by atoms with van der Waals surface area (Å²) in [4.78, 5) is 0. The Kier molecular flexibility index (Phi) is 3.72. The molecular formula is C21H17BO3. The third-order valence-electron chi connectivity index (χ3n) is 4.57. The molecule has 1 aromatic heterocycles. The molecule has 0 unspecified atom stereocenters. The first-order valence-corrected chi connectivity index (χ1v) is 8.17. The number of benzene rings is 3. The molecule has 4 heteroatoms. The topological polar surface area (TPSA) is 53.6 Å². The lowest BCUT2D eigenvalue weighted by Gasteiger charge is -2.09. The predicted octanol–water partition coefficient (Wildman–Crippen LogP) is 4.10. The van der Waals surface area contributed by atoms with Crippen molar-refractivity contribution in [1.82, 2.24) is 0 Å². The van der Waals surface area contributed by atoms with Gasteiger partial charge in [0, 0.05) is 16.2 Å². The van der Waals surface area contributed by atoms with E-state index in [2.05, 4.69) is 18.7 Å². The molecule has 0 spiro atoms. The van der Waals surface area contributed by atoms with E-state index in [-0.39, 0.29) is 0 Å². The summed E-state index contributed by atoms with van der Waals surface area (Å²) in [7, 11) is -1.52. The van der Waals surface area contributed by atoms with Gasteiger partial charge in [-0.05, 0) is 35.0 Å². The van der Waals surface area contributed by atoms with Gasteiger partial charge < -0.3 is 14.5 Å². The lowest BCUT2D eigenvalue weighted by molar-refractivity contribution is 0.426. The minimum absolute atomic E-state index is 0.436. The Bertz CT molecular complexity index is 1150. The second-order valence-electron chi connectivity index (χ2n) is 6.01. The van der Waals surface area contributed by atoms with Gasteiger partial charge in [-0.25, -0.2) is 0 Å². The first-order chi connectivity index (χ1) is 12.2. The van der Waals surface area contributed by atoms with E-state index >= 15 is 0 Å². The molecule has 0 fully saturated rings. The van der Waals surface area contributed by atoms with Crippen molar-refractivity contribution >= 4 is 57.4 Å². The van der Waals surface area contributed by atoms with Crippen molar-refractivity contribution in [3.63, 3.8) is 0 Å². The molecule has 4 aromatic rings. The van der Waals surface area contributed by atoms with Gasteiger partial charge in [0.2, 0.25) is 0 Å². The zero-order valence-electron chi connectivity index (χ0n) is 13.9. The second kappa shape index (κ2) is 5.92. The Hall–Kier alpha value is -2.82. The largest absolute Gasteiger partial charge is 0.488 e. The van der Waals surface area contributed by atoms with Crippen molar-refractivity contribution in [3.05, 3.63) is 66.2 Å². The van der Waals surface area contributed by atoms with Gasteiger partial charge in [-0.3, -0.25) is 0 Å². The van der Waals surface area contributed by atoms with Crippen LogP contribution in [0.5, 0.6) is 0 Å². The van der Waals surface area contributed by atoms with E-state index in [1.165, 1.54) is 0 Å². The fraction of sp³-hybridized carbons (Fsp3) is 0.0476. The molecule has 25 heavy (non-hydrogen) atoms. The number of rotatable bonds is 3. The lowest BCUT2D eigenvalue weighted by atomic mass is 9.79. The Morgan fingerprint density at radius 2 is 1.76 bits per heavy atom. The van der Waals surface area contributed by atoms with E-state index in [0.717, 1.165) is 38.3 Å². The van der Waals surface area contributed by atoms with Crippen LogP contribution in [0.3, 0.4) is 0 Å². The number of hydrogen-bond acceptors (Lipinski definition) is 3. The first kappa shape index (κ1) is 15.7. The van der Waals surface area contributed by atoms with E-state index in [0.29, 0.717) is 11.0 Å². The highest BCUT2D eigenvalue weighted by molar-refractivity contribution is 6.59. The number of hydrogen-bond donors (Lipinski definition) is 2. The number of furan rings is 1. The van der Waals surface area contributed by atoms with Crippen molar-refractivity contribution in [2.75, 3.05) is 0 Å². The summed E-state index contributed by atoms with van der Waals surface area (Å²) >= 11 is 0. The fourth-order valence-electron chi connectivity index (χ4n) is 3.49.